The summed E-state index contributed by atoms with van der Waals surface area (Å²) in [6, 6.07) is -1.11. The highest BCUT2D eigenvalue weighted by molar-refractivity contribution is 6.29. The average Bonchev–Trinajstić information content (AvgIpc) is 2.59. The zero-order valence-corrected chi connectivity index (χ0v) is 8.22. The van der Waals surface area contributed by atoms with E-state index in [0.717, 1.165) is 0 Å². The molecule has 0 saturated heterocycles. The number of hydrogen-bond donors (Lipinski definition) is 2. The molecular formula is C8H7ClN4O2. The van der Waals surface area contributed by atoms with E-state index in [4.69, 9.17) is 22.4 Å². The van der Waals surface area contributed by atoms with Crippen LogP contribution in [0.2, 0.25) is 5.15 Å². The number of imidazole rings is 1. The van der Waals surface area contributed by atoms with Gasteiger partial charge in [0, 0.05) is 18.0 Å². The van der Waals surface area contributed by atoms with E-state index in [1.165, 1.54) is 23.0 Å². The Kier molecular flexibility index (Phi) is 2.29. The summed E-state index contributed by atoms with van der Waals surface area (Å²) in [6.45, 7) is 0. The molecule has 0 aliphatic carbocycles. The van der Waals surface area contributed by atoms with Crippen LogP contribution in [-0.2, 0) is 4.79 Å². The lowest BCUT2D eigenvalue weighted by Gasteiger charge is -2.06. The van der Waals surface area contributed by atoms with Crippen LogP contribution in [0.3, 0.4) is 0 Å². The summed E-state index contributed by atoms with van der Waals surface area (Å²) in [4.78, 5) is 18.5. The van der Waals surface area contributed by atoms with Gasteiger partial charge in [-0.25, -0.2) is 9.97 Å². The summed E-state index contributed by atoms with van der Waals surface area (Å²) in [7, 11) is 0. The molecule has 2 aromatic heterocycles. The van der Waals surface area contributed by atoms with Crippen LogP contribution >= 0.6 is 11.6 Å². The fourth-order valence-corrected chi connectivity index (χ4v) is 1.34. The van der Waals surface area contributed by atoms with Gasteiger partial charge in [-0.2, -0.15) is 0 Å². The van der Waals surface area contributed by atoms with Gasteiger partial charge in [-0.05, 0) is 0 Å². The van der Waals surface area contributed by atoms with Gasteiger partial charge in [-0.15, -0.1) is 0 Å². The van der Waals surface area contributed by atoms with E-state index in [0.29, 0.717) is 16.5 Å². The molecule has 0 fully saturated rings. The van der Waals surface area contributed by atoms with Gasteiger partial charge in [0.2, 0.25) is 5.78 Å². The van der Waals surface area contributed by atoms with Crippen LogP contribution < -0.4 is 5.73 Å². The molecule has 1 atom stereocenters. The number of carboxylic acids is 1. The quantitative estimate of drug-likeness (QED) is 0.776. The van der Waals surface area contributed by atoms with Crippen LogP contribution in [0.25, 0.3) is 5.78 Å². The summed E-state index contributed by atoms with van der Waals surface area (Å²) in [5, 5.41) is 9.08. The molecule has 3 N–H and O–H groups in total. The molecule has 0 radical (unpaired) electrons. The predicted octanol–water partition coefficient (Wildman–Crippen LogP) is 0.467. The highest BCUT2D eigenvalue weighted by Gasteiger charge is 2.15. The number of halogens is 1. The first-order valence-corrected chi connectivity index (χ1v) is 4.44. The molecule has 15 heavy (non-hydrogen) atoms. The SMILES string of the molecule is NC(C(=O)O)c1cnc2ncc(Cl)n2c1. The van der Waals surface area contributed by atoms with Crippen molar-refractivity contribution in [2.45, 2.75) is 6.04 Å². The fraction of sp³-hybridized carbons (Fsp3) is 0.125. The maximum atomic E-state index is 10.6. The van der Waals surface area contributed by atoms with Crippen molar-refractivity contribution in [3.63, 3.8) is 0 Å². The van der Waals surface area contributed by atoms with Crippen LogP contribution in [0.1, 0.15) is 11.6 Å². The van der Waals surface area contributed by atoms with E-state index >= 15 is 0 Å². The third-order valence-corrected chi connectivity index (χ3v) is 2.24. The first-order chi connectivity index (χ1) is 7.09. The number of nitrogens with zero attached hydrogens (tertiary/aromatic N) is 3. The van der Waals surface area contributed by atoms with Gasteiger partial charge in [-0.3, -0.25) is 9.20 Å². The van der Waals surface area contributed by atoms with Crippen molar-refractivity contribution in [2.75, 3.05) is 0 Å². The topological polar surface area (TPSA) is 93.5 Å². The van der Waals surface area contributed by atoms with Gasteiger partial charge >= 0.3 is 5.97 Å². The predicted molar refractivity (Wildman–Crippen MR) is 52.6 cm³/mol. The van der Waals surface area contributed by atoms with E-state index in [-0.39, 0.29) is 0 Å². The Hall–Kier alpha value is -1.66. The van der Waals surface area contributed by atoms with Crippen molar-refractivity contribution in [1.29, 1.82) is 0 Å². The third-order valence-electron chi connectivity index (χ3n) is 1.96. The normalized spacial score (nSPS) is 12.9. The molecule has 0 aromatic carbocycles. The molecule has 7 heteroatoms. The molecule has 2 heterocycles. The molecule has 1 unspecified atom stereocenters. The largest absolute Gasteiger partial charge is 0.480 e. The minimum absolute atomic E-state index is 0.358. The van der Waals surface area contributed by atoms with Crippen molar-refractivity contribution < 1.29 is 9.90 Å². The van der Waals surface area contributed by atoms with Gasteiger partial charge in [-0.1, -0.05) is 11.6 Å². The van der Waals surface area contributed by atoms with Crippen molar-refractivity contribution in [1.82, 2.24) is 14.4 Å². The Labute approximate surface area is 89.3 Å². The lowest BCUT2D eigenvalue weighted by atomic mass is 10.2. The summed E-state index contributed by atoms with van der Waals surface area (Å²) in [5.41, 5.74) is 5.80. The number of aromatic nitrogens is 3. The zero-order valence-electron chi connectivity index (χ0n) is 7.46. The summed E-state index contributed by atoms with van der Waals surface area (Å²) >= 11 is 5.80. The summed E-state index contributed by atoms with van der Waals surface area (Å²) < 4.78 is 1.47. The van der Waals surface area contributed by atoms with Gasteiger partial charge in [0.05, 0.1) is 6.20 Å². The lowest BCUT2D eigenvalue weighted by Crippen LogP contribution is -2.21. The zero-order chi connectivity index (χ0) is 11.0. The van der Waals surface area contributed by atoms with Crippen LogP contribution in [-0.4, -0.2) is 25.4 Å². The first kappa shape index (κ1) is 9.88. The summed E-state index contributed by atoms with van der Waals surface area (Å²) in [6.07, 6.45) is 4.31. The van der Waals surface area contributed by atoms with Gasteiger partial charge < -0.3 is 10.8 Å². The molecular weight excluding hydrogens is 220 g/mol. The van der Waals surface area contributed by atoms with Crippen molar-refractivity contribution >= 4 is 23.3 Å². The second-order valence-electron chi connectivity index (χ2n) is 2.95. The minimum atomic E-state index is -1.12. The van der Waals surface area contributed by atoms with Gasteiger partial charge in [0.25, 0.3) is 0 Å². The lowest BCUT2D eigenvalue weighted by molar-refractivity contribution is -0.138. The second kappa shape index (κ2) is 3.48. The number of nitrogens with two attached hydrogens (primary N) is 1. The minimum Gasteiger partial charge on any atom is -0.480 e. The number of carboxylic acid groups (broad SMARTS) is 1. The number of rotatable bonds is 2. The standard InChI is InChI=1S/C8H7ClN4O2/c9-5-2-12-8-11-1-4(3-13(5)8)6(10)7(14)15/h1-3,6H,10H2,(H,14,15). The Balaban J connectivity index is 2.54. The van der Waals surface area contributed by atoms with Crippen molar-refractivity contribution in [3.8, 4) is 0 Å². The highest BCUT2D eigenvalue weighted by atomic mass is 35.5. The van der Waals surface area contributed by atoms with Crippen LogP contribution in [0.15, 0.2) is 18.6 Å². The molecule has 0 spiro atoms. The molecule has 2 aromatic rings. The van der Waals surface area contributed by atoms with E-state index in [2.05, 4.69) is 9.97 Å². The summed E-state index contributed by atoms with van der Waals surface area (Å²) in [5.74, 6) is -0.714. The highest BCUT2D eigenvalue weighted by Crippen LogP contribution is 2.14. The van der Waals surface area contributed by atoms with Crippen molar-refractivity contribution in [2.24, 2.45) is 5.73 Å². The Morgan fingerprint density at radius 2 is 2.20 bits per heavy atom. The monoisotopic (exact) mass is 226 g/mol. The van der Waals surface area contributed by atoms with Crippen LogP contribution in [0, 0.1) is 0 Å². The number of aliphatic carboxylic acids is 1. The smallest absolute Gasteiger partial charge is 0.325 e. The fourth-order valence-electron chi connectivity index (χ4n) is 1.16. The molecule has 2 rings (SSSR count). The molecule has 0 amide bonds. The van der Waals surface area contributed by atoms with Crippen LogP contribution in [0.4, 0.5) is 0 Å². The van der Waals surface area contributed by atoms with Gasteiger partial charge in [0.1, 0.15) is 11.2 Å². The van der Waals surface area contributed by atoms with E-state index in [1.807, 2.05) is 0 Å². The molecule has 0 bridgehead atoms. The van der Waals surface area contributed by atoms with Crippen molar-refractivity contribution in [3.05, 3.63) is 29.3 Å². The van der Waals surface area contributed by atoms with E-state index in [9.17, 15) is 4.79 Å². The molecule has 0 saturated carbocycles. The van der Waals surface area contributed by atoms with Crippen LogP contribution in [0.5, 0.6) is 0 Å². The maximum Gasteiger partial charge on any atom is 0.325 e. The first-order valence-electron chi connectivity index (χ1n) is 4.06. The van der Waals surface area contributed by atoms with E-state index in [1.54, 1.807) is 0 Å². The van der Waals surface area contributed by atoms with E-state index < -0.39 is 12.0 Å². The number of hydrogen-bond acceptors (Lipinski definition) is 4. The molecule has 6 nitrogen and oxygen atoms in total. The Bertz CT molecular complexity index is 524. The van der Waals surface area contributed by atoms with Gasteiger partial charge in [0.15, 0.2) is 0 Å². The third kappa shape index (κ3) is 1.64. The number of fused-ring (bicyclic) bond motifs is 1. The second-order valence-corrected chi connectivity index (χ2v) is 3.34. The Morgan fingerprint density at radius 3 is 2.87 bits per heavy atom. The molecule has 0 aliphatic rings. The Morgan fingerprint density at radius 1 is 1.53 bits per heavy atom. The molecule has 78 valence electrons. The number of carbonyl (C=O) groups is 1. The maximum absolute atomic E-state index is 10.6. The molecule has 0 aliphatic heterocycles. The average molecular weight is 227 g/mol.